The van der Waals surface area contributed by atoms with E-state index in [2.05, 4.69) is 39.2 Å². The smallest absolute Gasteiger partial charge is 0.0366 e. The van der Waals surface area contributed by atoms with E-state index in [0.29, 0.717) is 0 Å². The SMILES string of the molecule is C=CC1=C(C=C)NCCC1.CC(C)C. The van der Waals surface area contributed by atoms with Crippen molar-refractivity contribution in [1.29, 1.82) is 0 Å². The Bertz CT molecular complexity index is 189. The monoisotopic (exact) mass is 193 g/mol. The predicted octanol–water partition coefficient (Wildman–Crippen LogP) is 3.66. The fourth-order valence-electron chi connectivity index (χ4n) is 1.17. The summed E-state index contributed by atoms with van der Waals surface area (Å²) in [6.45, 7) is 15.0. The predicted molar refractivity (Wildman–Crippen MR) is 65.2 cm³/mol. The molecule has 0 spiro atoms. The van der Waals surface area contributed by atoms with Crippen LogP contribution in [0.5, 0.6) is 0 Å². The molecular weight excluding hydrogens is 170 g/mol. The van der Waals surface area contributed by atoms with Gasteiger partial charge in [-0.25, -0.2) is 0 Å². The Labute approximate surface area is 88.6 Å². The van der Waals surface area contributed by atoms with Crippen LogP contribution in [0.3, 0.4) is 0 Å². The van der Waals surface area contributed by atoms with Gasteiger partial charge in [0.05, 0.1) is 0 Å². The van der Waals surface area contributed by atoms with E-state index in [1.807, 2.05) is 12.2 Å². The Hall–Kier alpha value is -0.980. The zero-order chi connectivity index (χ0) is 11.0. The number of hydrogen-bond donors (Lipinski definition) is 1. The normalized spacial score (nSPS) is 15.4. The average molecular weight is 193 g/mol. The lowest BCUT2D eigenvalue weighted by Crippen LogP contribution is -2.19. The van der Waals surface area contributed by atoms with Gasteiger partial charge < -0.3 is 5.32 Å². The summed E-state index contributed by atoms with van der Waals surface area (Å²) in [4.78, 5) is 0. The van der Waals surface area contributed by atoms with Crippen molar-refractivity contribution in [2.75, 3.05) is 6.54 Å². The molecule has 1 aliphatic rings. The van der Waals surface area contributed by atoms with Crippen molar-refractivity contribution in [2.45, 2.75) is 33.6 Å². The van der Waals surface area contributed by atoms with Crippen LogP contribution in [0.1, 0.15) is 33.6 Å². The van der Waals surface area contributed by atoms with Crippen molar-refractivity contribution >= 4 is 0 Å². The molecule has 0 radical (unpaired) electrons. The Balaban J connectivity index is 0.000000364. The summed E-state index contributed by atoms with van der Waals surface area (Å²) in [7, 11) is 0. The minimum atomic E-state index is 0.833. The summed E-state index contributed by atoms with van der Waals surface area (Å²) >= 11 is 0. The second kappa shape index (κ2) is 7.43. The summed E-state index contributed by atoms with van der Waals surface area (Å²) in [5.41, 5.74) is 2.45. The van der Waals surface area contributed by atoms with Gasteiger partial charge in [0.15, 0.2) is 0 Å². The Morgan fingerprint density at radius 2 is 1.79 bits per heavy atom. The fourth-order valence-corrected chi connectivity index (χ4v) is 1.17. The first-order chi connectivity index (χ1) is 6.61. The molecule has 0 aromatic rings. The first kappa shape index (κ1) is 13.0. The molecule has 0 bridgehead atoms. The molecule has 80 valence electrons. The summed E-state index contributed by atoms with van der Waals surface area (Å²) in [5, 5.41) is 3.26. The average Bonchev–Trinajstić information content (AvgIpc) is 2.17. The molecule has 0 aromatic heterocycles. The third-order valence-electron chi connectivity index (χ3n) is 1.73. The van der Waals surface area contributed by atoms with E-state index < -0.39 is 0 Å². The second-order valence-electron chi connectivity index (χ2n) is 4.11. The van der Waals surface area contributed by atoms with Crippen LogP contribution in [-0.4, -0.2) is 6.54 Å². The van der Waals surface area contributed by atoms with Gasteiger partial charge in [-0.1, -0.05) is 40.0 Å². The molecule has 1 rings (SSSR count). The van der Waals surface area contributed by atoms with E-state index in [1.165, 1.54) is 12.0 Å². The van der Waals surface area contributed by atoms with E-state index >= 15 is 0 Å². The van der Waals surface area contributed by atoms with Gasteiger partial charge >= 0.3 is 0 Å². The van der Waals surface area contributed by atoms with E-state index in [4.69, 9.17) is 0 Å². The van der Waals surface area contributed by atoms with Crippen molar-refractivity contribution < 1.29 is 0 Å². The molecule has 0 amide bonds. The Kier molecular flexibility index (Phi) is 6.91. The van der Waals surface area contributed by atoms with Crippen LogP contribution in [0, 0.1) is 5.92 Å². The molecule has 0 fully saturated rings. The number of nitrogens with one attached hydrogen (secondary N) is 1. The van der Waals surface area contributed by atoms with Crippen LogP contribution in [0.15, 0.2) is 36.6 Å². The van der Waals surface area contributed by atoms with Gasteiger partial charge in [-0.15, -0.1) is 0 Å². The highest BCUT2D eigenvalue weighted by atomic mass is 14.9. The molecule has 1 aliphatic heterocycles. The van der Waals surface area contributed by atoms with Crippen LogP contribution in [0.25, 0.3) is 0 Å². The zero-order valence-electron chi connectivity index (χ0n) is 9.77. The van der Waals surface area contributed by atoms with Crippen LogP contribution >= 0.6 is 0 Å². The van der Waals surface area contributed by atoms with Crippen LogP contribution < -0.4 is 5.32 Å². The maximum atomic E-state index is 3.74. The summed E-state index contributed by atoms with van der Waals surface area (Å²) in [5.74, 6) is 0.833. The number of hydrogen-bond acceptors (Lipinski definition) is 1. The van der Waals surface area contributed by atoms with Gasteiger partial charge in [-0.05, 0) is 30.4 Å². The lowest BCUT2D eigenvalue weighted by Gasteiger charge is -2.16. The summed E-state index contributed by atoms with van der Waals surface area (Å²) in [6, 6.07) is 0. The molecule has 0 unspecified atom stereocenters. The van der Waals surface area contributed by atoms with Gasteiger partial charge in [0.1, 0.15) is 0 Å². The molecule has 0 atom stereocenters. The van der Waals surface area contributed by atoms with E-state index in [1.54, 1.807) is 0 Å². The minimum absolute atomic E-state index is 0.833. The van der Waals surface area contributed by atoms with Crippen LogP contribution in [-0.2, 0) is 0 Å². The van der Waals surface area contributed by atoms with Gasteiger partial charge in [-0.2, -0.15) is 0 Å². The van der Waals surface area contributed by atoms with Crippen molar-refractivity contribution in [3.8, 4) is 0 Å². The van der Waals surface area contributed by atoms with Crippen molar-refractivity contribution in [3.05, 3.63) is 36.6 Å². The molecule has 1 N–H and O–H groups in total. The topological polar surface area (TPSA) is 12.0 Å². The first-order valence-corrected chi connectivity index (χ1v) is 5.33. The minimum Gasteiger partial charge on any atom is -0.385 e. The molecule has 1 nitrogen and oxygen atoms in total. The first-order valence-electron chi connectivity index (χ1n) is 5.33. The number of rotatable bonds is 2. The van der Waals surface area contributed by atoms with Gasteiger partial charge in [0.2, 0.25) is 0 Å². The maximum absolute atomic E-state index is 3.74. The van der Waals surface area contributed by atoms with Gasteiger partial charge in [-0.3, -0.25) is 0 Å². The van der Waals surface area contributed by atoms with E-state index in [-0.39, 0.29) is 0 Å². The Morgan fingerprint density at radius 3 is 2.14 bits per heavy atom. The second-order valence-corrected chi connectivity index (χ2v) is 4.11. The highest BCUT2D eigenvalue weighted by Gasteiger charge is 2.04. The molecule has 0 saturated heterocycles. The third kappa shape index (κ3) is 5.63. The third-order valence-corrected chi connectivity index (χ3v) is 1.73. The Morgan fingerprint density at radius 1 is 1.21 bits per heavy atom. The zero-order valence-corrected chi connectivity index (χ0v) is 9.77. The lowest BCUT2D eigenvalue weighted by atomic mass is 10.0. The molecular formula is C13H23N. The standard InChI is InChI=1S/C9H13N.C4H10/c1-3-8-6-5-7-10-9(8)4-2;1-4(2)3/h3-4,10H,1-2,5-7H2;4H,1-3H3. The summed E-state index contributed by atoms with van der Waals surface area (Å²) < 4.78 is 0. The van der Waals surface area contributed by atoms with Crippen molar-refractivity contribution in [3.63, 3.8) is 0 Å². The lowest BCUT2D eigenvalue weighted by molar-refractivity contribution is 0.685. The van der Waals surface area contributed by atoms with Crippen molar-refractivity contribution in [1.82, 2.24) is 5.32 Å². The molecule has 0 saturated carbocycles. The van der Waals surface area contributed by atoms with Crippen molar-refractivity contribution in [2.24, 2.45) is 5.92 Å². The van der Waals surface area contributed by atoms with Gasteiger partial charge in [0.25, 0.3) is 0 Å². The fraction of sp³-hybridized carbons (Fsp3) is 0.538. The highest BCUT2D eigenvalue weighted by Crippen LogP contribution is 2.15. The van der Waals surface area contributed by atoms with E-state index in [0.717, 1.165) is 24.6 Å². The summed E-state index contributed by atoms with van der Waals surface area (Å²) in [6.07, 6.45) is 6.11. The van der Waals surface area contributed by atoms with Crippen LogP contribution in [0.4, 0.5) is 0 Å². The molecule has 1 heteroatoms. The molecule has 0 aliphatic carbocycles. The molecule has 14 heavy (non-hydrogen) atoms. The quantitative estimate of drug-likeness (QED) is 0.705. The van der Waals surface area contributed by atoms with Crippen LogP contribution in [0.2, 0.25) is 0 Å². The largest absolute Gasteiger partial charge is 0.385 e. The molecule has 0 aromatic carbocycles. The molecule has 1 heterocycles. The van der Waals surface area contributed by atoms with Gasteiger partial charge in [0, 0.05) is 12.2 Å². The van der Waals surface area contributed by atoms with E-state index in [9.17, 15) is 0 Å². The maximum Gasteiger partial charge on any atom is 0.0366 e. The highest BCUT2D eigenvalue weighted by molar-refractivity contribution is 5.31. The number of allylic oxidation sites excluding steroid dienone is 3.